The smallest absolute Gasteiger partial charge is 0.317 e. The highest BCUT2D eigenvalue weighted by molar-refractivity contribution is 5.74. The second kappa shape index (κ2) is 9.37. The van der Waals surface area contributed by atoms with Gasteiger partial charge < -0.3 is 19.5 Å². The number of aromatic nitrogens is 2. The number of carbonyl (C=O) groups excluding carboxylic acids is 1. The van der Waals surface area contributed by atoms with E-state index in [1.54, 1.807) is 0 Å². The van der Waals surface area contributed by atoms with Crippen molar-refractivity contribution in [3.63, 3.8) is 0 Å². The molecule has 1 aromatic heterocycles. The third-order valence-corrected chi connectivity index (χ3v) is 5.72. The van der Waals surface area contributed by atoms with Crippen molar-refractivity contribution in [1.82, 2.24) is 25.3 Å². The van der Waals surface area contributed by atoms with Gasteiger partial charge in [-0.3, -0.25) is 4.90 Å². The molecule has 0 spiro atoms. The minimum absolute atomic E-state index is 0.0277. The molecule has 0 aliphatic carbocycles. The summed E-state index contributed by atoms with van der Waals surface area (Å²) in [5, 5.41) is 7.05. The van der Waals surface area contributed by atoms with Crippen LogP contribution < -0.4 is 5.32 Å². The van der Waals surface area contributed by atoms with Crippen LogP contribution in [0.2, 0.25) is 0 Å². The molecule has 0 bridgehead atoms. The number of hydrogen-bond acceptors (Lipinski definition) is 6. The number of rotatable bonds is 5. The van der Waals surface area contributed by atoms with Crippen molar-refractivity contribution in [3.05, 3.63) is 47.6 Å². The first-order valence-corrected chi connectivity index (χ1v) is 10.4. The van der Waals surface area contributed by atoms with Gasteiger partial charge in [-0.25, -0.2) is 4.79 Å². The van der Waals surface area contributed by atoms with E-state index in [0.29, 0.717) is 24.8 Å². The normalized spacial score (nSPS) is 21.7. The highest BCUT2D eigenvalue weighted by Gasteiger charge is 2.29. The zero-order chi connectivity index (χ0) is 20.1. The number of likely N-dealkylation sites (tertiary alicyclic amines) is 1. The maximum atomic E-state index is 12.9. The fraction of sp³-hybridized carbons (Fsp3) is 0.571. The van der Waals surface area contributed by atoms with Crippen LogP contribution in [0.3, 0.4) is 0 Å². The van der Waals surface area contributed by atoms with Crippen molar-refractivity contribution in [1.29, 1.82) is 0 Å². The summed E-state index contributed by atoms with van der Waals surface area (Å²) in [6, 6.07) is 10.5. The van der Waals surface area contributed by atoms with Crippen LogP contribution >= 0.6 is 0 Å². The molecule has 2 aromatic rings. The van der Waals surface area contributed by atoms with Crippen molar-refractivity contribution >= 4 is 6.03 Å². The average Bonchev–Trinajstić information content (AvgIpc) is 3.22. The third kappa shape index (κ3) is 4.94. The summed E-state index contributed by atoms with van der Waals surface area (Å²) in [7, 11) is 0. The van der Waals surface area contributed by atoms with E-state index in [9.17, 15) is 4.79 Å². The van der Waals surface area contributed by atoms with E-state index in [0.717, 1.165) is 45.7 Å². The first kappa shape index (κ1) is 19.8. The highest BCUT2D eigenvalue weighted by Crippen LogP contribution is 2.26. The minimum atomic E-state index is -0.0277. The van der Waals surface area contributed by atoms with Crippen LogP contribution in [0.5, 0.6) is 0 Å². The van der Waals surface area contributed by atoms with Crippen molar-refractivity contribution in [2.45, 2.75) is 31.7 Å². The monoisotopic (exact) mass is 399 g/mol. The van der Waals surface area contributed by atoms with Crippen molar-refractivity contribution in [3.8, 4) is 0 Å². The summed E-state index contributed by atoms with van der Waals surface area (Å²) in [6.07, 6.45) is 1.90. The lowest BCUT2D eigenvalue weighted by Gasteiger charge is -2.36. The first-order chi connectivity index (χ1) is 14.2. The van der Waals surface area contributed by atoms with Gasteiger partial charge in [0.15, 0.2) is 5.82 Å². The average molecular weight is 399 g/mol. The van der Waals surface area contributed by atoms with E-state index in [4.69, 9.17) is 9.26 Å². The molecule has 29 heavy (non-hydrogen) atoms. The molecule has 8 nitrogen and oxygen atoms in total. The second-order valence-corrected chi connectivity index (χ2v) is 7.73. The van der Waals surface area contributed by atoms with Crippen molar-refractivity contribution in [2.24, 2.45) is 0 Å². The topological polar surface area (TPSA) is 83.7 Å². The summed E-state index contributed by atoms with van der Waals surface area (Å²) < 4.78 is 10.8. The maximum absolute atomic E-state index is 12.9. The van der Waals surface area contributed by atoms with Gasteiger partial charge in [0.25, 0.3) is 0 Å². The number of carbonyl (C=O) groups is 1. The molecular weight excluding hydrogens is 370 g/mol. The summed E-state index contributed by atoms with van der Waals surface area (Å²) in [6.45, 7) is 6.96. The Morgan fingerprint density at radius 2 is 2.03 bits per heavy atom. The Kier molecular flexibility index (Phi) is 6.41. The SMILES string of the molecule is Cc1noc(C2CCCN(C(=O)NCC(c3ccccc3)N3CCOCC3)C2)n1. The van der Waals surface area contributed by atoms with Gasteiger partial charge in [0, 0.05) is 32.7 Å². The standard InChI is InChI=1S/C21H29N5O3/c1-16-23-20(29-24-16)18-8-5-9-26(15-18)21(27)22-14-19(17-6-3-2-4-7-17)25-10-12-28-13-11-25/h2-4,6-7,18-19H,5,8-15H2,1H3,(H,22,27). The molecule has 2 saturated heterocycles. The molecule has 0 saturated carbocycles. The number of ether oxygens (including phenoxy) is 1. The van der Waals surface area contributed by atoms with Gasteiger partial charge in [0.2, 0.25) is 5.89 Å². The van der Waals surface area contributed by atoms with Gasteiger partial charge in [-0.1, -0.05) is 35.5 Å². The molecular formula is C21H29N5O3. The molecule has 1 aromatic carbocycles. The van der Waals surface area contributed by atoms with E-state index >= 15 is 0 Å². The number of nitrogens with one attached hydrogen (secondary N) is 1. The zero-order valence-electron chi connectivity index (χ0n) is 16.9. The quantitative estimate of drug-likeness (QED) is 0.831. The van der Waals surface area contributed by atoms with Gasteiger partial charge >= 0.3 is 6.03 Å². The zero-order valence-corrected chi connectivity index (χ0v) is 16.9. The van der Waals surface area contributed by atoms with Crippen molar-refractivity contribution < 1.29 is 14.1 Å². The van der Waals surface area contributed by atoms with Gasteiger partial charge in [-0.05, 0) is 25.3 Å². The number of nitrogens with zero attached hydrogens (tertiary/aromatic N) is 4. The molecule has 2 fully saturated rings. The lowest BCUT2D eigenvalue weighted by Crippen LogP contribution is -2.48. The molecule has 2 unspecified atom stereocenters. The Hall–Kier alpha value is -2.45. The Bertz CT molecular complexity index is 791. The van der Waals surface area contributed by atoms with E-state index in [2.05, 4.69) is 32.5 Å². The van der Waals surface area contributed by atoms with E-state index in [1.165, 1.54) is 5.56 Å². The molecule has 2 aliphatic heterocycles. The van der Waals surface area contributed by atoms with Gasteiger partial charge in [-0.15, -0.1) is 0 Å². The Morgan fingerprint density at radius 1 is 1.24 bits per heavy atom. The van der Waals surface area contributed by atoms with Crippen LogP contribution in [0.1, 0.15) is 42.1 Å². The Morgan fingerprint density at radius 3 is 2.76 bits per heavy atom. The number of benzene rings is 1. The Labute approximate surface area is 171 Å². The van der Waals surface area contributed by atoms with Crippen LogP contribution in [0.15, 0.2) is 34.9 Å². The van der Waals surface area contributed by atoms with Crippen LogP contribution in [-0.4, -0.2) is 71.9 Å². The lowest BCUT2D eigenvalue weighted by molar-refractivity contribution is 0.0164. The van der Waals surface area contributed by atoms with Gasteiger partial charge in [0.1, 0.15) is 0 Å². The molecule has 0 radical (unpaired) electrons. The fourth-order valence-electron chi connectivity index (χ4n) is 4.16. The first-order valence-electron chi connectivity index (χ1n) is 10.4. The van der Waals surface area contributed by atoms with E-state index in [1.807, 2.05) is 30.0 Å². The number of amides is 2. The fourth-order valence-corrected chi connectivity index (χ4v) is 4.16. The maximum Gasteiger partial charge on any atom is 0.317 e. The predicted molar refractivity (Wildman–Crippen MR) is 108 cm³/mol. The van der Waals surface area contributed by atoms with Gasteiger partial charge in [-0.2, -0.15) is 4.98 Å². The van der Waals surface area contributed by atoms with Crippen LogP contribution in [0.4, 0.5) is 4.79 Å². The van der Waals surface area contributed by atoms with E-state index < -0.39 is 0 Å². The molecule has 8 heteroatoms. The van der Waals surface area contributed by atoms with Crippen LogP contribution in [-0.2, 0) is 4.74 Å². The summed E-state index contributed by atoms with van der Waals surface area (Å²) in [4.78, 5) is 21.5. The summed E-state index contributed by atoms with van der Waals surface area (Å²) in [5.74, 6) is 1.38. The van der Waals surface area contributed by atoms with Crippen LogP contribution in [0.25, 0.3) is 0 Å². The highest BCUT2D eigenvalue weighted by atomic mass is 16.5. The number of urea groups is 1. The molecule has 4 rings (SSSR count). The van der Waals surface area contributed by atoms with Crippen molar-refractivity contribution in [2.75, 3.05) is 45.9 Å². The largest absolute Gasteiger partial charge is 0.379 e. The van der Waals surface area contributed by atoms with Crippen LogP contribution in [0, 0.1) is 6.92 Å². The molecule has 1 N–H and O–H groups in total. The predicted octanol–water partition coefficient (Wildman–Crippen LogP) is 2.34. The second-order valence-electron chi connectivity index (χ2n) is 7.73. The van der Waals surface area contributed by atoms with E-state index in [-0.39, 0.29) is 18.0 Å². The molecule has 156 valence electrons. The molecule has 2 atom stereocenters. The molecule has 2 aliphatic rings. The number of piperidine rings is 1. The Balaban J connectivity index is 1.38. The molecule has 3 heterocycles. The number of aryl methyl sites for hydroxylation is 1. The minimum Gasteiger partial charge on any atom is -0.379 e. The molecule has 2 amide bonds. The number of hydrogen-bond donors (Lipinski definition) is 1. The summed E-state index contributed by atoms with van der Waals surface area (Å²) >= 11 is 0. The van der Waals surface area contributed by atoms with Gasteiger partial charge in [0.05, 0.1) is 25.2 Å². The number of morpholine rings is 1. The third-order valence-electron chi connectivity index (χ3n) is 5.72. The lowest BCUT2D eigenvalue weighted by atomic mass is 9.98. The summed E-state index contributed by atoms with van der Waals surface area (Å²) in [5.41, 5.74) is 1.22.